The van der Waals surface area contributed by atoms with E-state index >= 15 is 0 Å². The molecule has 0 bridgehead atoms. The number of aryl methyl sites for hydroxylation is 1. The molecule has 5 heteroatoms. The summed E-state index contributed by atoms with van der Waals surface area (Å²) in [5.41, 5.74) is 3.01. The molecule has 116 valence electrons. The second-order valence-corrected chi connectivity index (χ2v) is 5.72. The molecule has 4 nitrogen and oxygen atoms in total. The molecule has 1 aliphatic rings. The molecule has 0 N–H and O–H groups in total. The van der Waals surface area contributed by atoms with Crippen LogP contribution in [0.3, 0.4) is 0 Å². The molecule has 0 aromatic heterocycles. The average molecular weight is 327 g/mol. The van der Waals surface area contributed by atoms with Gasteiger partial charge >= 0.3 is 5.97 Å². The van der Waals surface area contributed by atoms with E-state index in [0.29, 0.717) is 17.5 Å². The fourth-order valence-corrected chi connectivity index (χ4v) is 2.26. The molecule has 1 aliphatic heterocycles. The summed E-state index contributed by atoms with van der Waals surface area (Å²) in [6.07, 6.45) is 1.53. The Morgan fingerprint density at radius 2 is 1.87 bits per heavy atom. The number of carbonyl (C=O) groups is 1. The van der Waals surface area contributed by atoms with Gasteiger partial charge in [0.2, 0.25) is 5.90 Å². The van der Waals surface area contributed by atoms with Crippen molar-refractivity contribution in [3.63, 3.8) is 0 Å². The van der Waals surface area contributed by atoms with Crippen LogP contribution < -0.4 is 0 Å². The Morgan fingerprint density at radius 3 is 2.57 bits per heavy atom. The lowest BCUT2D eigenvalue weighted by molar-refractivity contribution is -0.133. The maximum Gasteiger partial charge on any atom is 0.343 e. The lowest BCUT2D eigenvalue weighted by atomic mass is 10.1. The van der Waals surface area contributed by atoms with Gasteiger partial charge in [-0.2, -0.15) is 0 Å². The number of ether oxygens (including phenoxy) is 1. The Labute approximate surface area is 139 Å². The summed E-state index contributed by atoms with van der Waals surface area (Å²) >= 11 is 5.84. The summed E-state index contributed by atoms with van der Waals surface area (Å²) in [5, 5.41) is 0.620. The van der Waals surface area contributed by atoms with Crippen LogP contribution >= 0.6 is 11.6 Å². The normalized spacial score (nSPS) is 17.4. The van der Waals surface area contributed by atoms with Crippen molar-refractivity contribution in [2.45, 2.75) is 19.5 Å². The fraction of sp³-hybridized carbons (Fsp3) is 0.167. The summed E-state index contributed by atoms with van der Waals surface area (Å²) < 4.78 is 5.20. The van der Waals surface area contributed by atoms with Gasteiger partial charge in [-0.05, 0) is 36.8 Å². The third kappa shape index (κ3) is 3.85. The summed E-state index contributed by atoms with van der Waals surface area (Å²) in [6, 6.07) is 14.4. The minimum Gasteiger partial charge on any atom is -0.405 e. The van der Waals surface area contributed by atoms with E-state index in [9.17, 15) is 4.79 Å². The molecular formula is C18H15ClN2O2. The predicted octanol–water partition coefficient (Wildman–Crippen LogP) is 3.59. The van der Waals surface area contributed by atoms with Crippen LogP contribution in [0.2, 0.25) is 5.02 Å². The topological polar surface area (TPSA) is 51.0 Å². The molecule has 0 spiro atoms. The van der Waals surface area contributed by atoms with Crippen molar-refractivity contribution < 1.29 is 9.53 Å². The second-order valence-electron chi connectivity index (χ2n) is 5.28. The number of carbonyl (C=O) groups excluding carboxylic acids is 1. The predicted molar refractivity (Wildman–Crippen MR) is 91.2 cm³/mol. The van der Waals surface area contributed by atoms with Gasteiger partial charge in [0.1, 0.15) is 0 Å². The van der Waals surface area contributed by atoms with E-state index in [2.05, 4.69) is 9.98 Å². The number of cyclic esters (lactones) is 1. The van der Waals surface area contributed by atoms with E-state index in [-0.39, 0.29) is 0 Å². The first-order valence-corrected chi connectivity index (χ1v) is 7.60. The van der Waals surface area contributed by atoms with E-state index in [1.165, 1.54) is 11.8 Å². The highest BCUT2D eigenvalue weighted by atomic mass is 35.5. The monoisotopic (exact) mass is 326 g/mol. The van der Waals surface area contributed by atoms with Crippen LogP contribution in [0.15, 0.2) is 58.5 Å². The van der Waals surface area contributed by atoms with Crippen LogP contribution in [0.5, 0.6) is 0 Å². The number of benzene rings is 2. The van der Waals surface area contributed by atoms with Crippen molar-refractivity contribution in [3.05, 3.63) is 70.2 Å². The van der Waals surface area contributed by atoms with Gasteiger partial charge in [-0.1, -0.05) is 41.4 Å². The van der Waals surface area contributed by atoms with Gasteiger partial charge in [0.15, 0.2) is 6.04 Å². The SMILES string of the molecule is Cc1ccc(CN=CC2N=C(c3ccc(Cl)cc3)OC2=O)cc1. The summed E-state index contributed by atoms with van der Waals surface area (Å²) in [4.78, 5) is 20.4. The second kappa shape index (κ2) is 6.75. The highest BCUT2D eigenvalue weighted by Gasteiger charge is 2.28. The molecule has 1 unspecified atom stereocenters. The number of halogens is 1. The van der Waals surface area contributed by atoms with Crippen LogP contribution in [-0.4, -0.2) is 24.1 Å². The number of hydrogen-bond acceptors (Lipinski definition) is 4. The van der Waals surface area contributed by atoms with Crippen LogP contribution in [0, 0.1) is 6.92 Å². The van der Waals surface area contributed by atoms with E-state index in [0.717, 1.165) is 11.1 Å². The maximum atomic E-state index is 11.9. The van der Waals surface area contributed by atoms with Crippen molar-refractivity contribution in [3.8, 4) is 0 Å². The third-order valence-electron chi connectivity index (χ3n) is 3.43. The van der Waals surface area contributed by atoms with Crippen LogP contribution in [0.4, 0.5) is 0 Å². The van der Waals surface area contributed by atoms with Gasteiger partial charge < -0.3 is 4.74 Å². The number of nitrogens with zero attached hydrogens (tertiary/aromatic N) is 2. The molecule has 1 atom stereocenters. The van der Waals surface area contributed by atoms with Crippen molar-refractivity contribution in [2.75, 3.05) is 0 Å². The summed E-state index contributed by atoms with van der Waals surface area (Å²) in [7, 11) is 0. The summed E-state index contributed by atoms with van der Waals surface area (Å²) in [5.74, 6) is -0.110. The van der Waals surface area contributed by atoms with Gasteiger partial charge in [0.25, 0.3) is 0 Å². The van der Waals surface area contributed by atoms with Crippen molar-refractivity contribution in [1.29, 1.82) is 0 Å². The zero-order chi connectivity index (χ0) is 16.2. The van der Waals surface area contributed by atoms with Gasteiger partial charge in [0.05, 0.1) is 6.54 Å². The number of esters is 1. The fourth-order valence-electron chi connectivity index (χ4n) is 2.13. The number of rotatable bonds is 4. The first kappa shape index (κ1) is 15.4. The Hall–Kier alpha value is -2.46. The minimum atomic E-state index is -0.689. The zero-order valence-electron chi connectivity index (χ0n) is 12.6. The molecule has 0 saturated carbocycles. The van der Waals surface area contributed by atoms with E-state index in [4.69, 9.17) is 16.3 Å². The molecule has 2 aromatic carbocycles. The van der Waals surface area contributed by atoms with Gasteiger partial charge in [0, 0.05) is 16.8 Å². The molecule has 0 fully saturated rings. The molecule has 0 amide bonds. The van der Waals surface area contributed by atoms with Crippen molar-refractivity contribution >= 4 is 29.7 Å². The number of hydrogen-bond donors (Lipinski definition) is 0. The first-order valence-electron chi connectivity index (χ1n) is 7.23. The van der Waals surface area contributed by atoms with Crippen LogP contribution in [0.1, 0.15) is 16.7 Å². The highest BCUT2D eigenvalue weighted by molar-refractivity contribution is 6.30. The lowest BCUT2D eigenvalue weighted by Gasteiger charge is -1.99. The molecule has 1 heterocycles. The van der Waals surface area contributed by atoms with E-state index in [1.807, 2.05) is 31.2 Å². The quantitative estimate of drug-likeness (QED) is 0.637. The molecule has 3 rings (SSSR count). The first-order chi connectivity index (χ1) is 11.1. The molecule has 0 aliphatic carbocycles. The molecule has 0 saturated heterocycles. The largest absolute Gasteiger partial charge is 0.405 e. The van der Waals surface area contributed by atoms with E-state index < -0.39 is 12.0 Å². The number of aliphatic imine (C=N–C) groups is 2. The standard InChI is InChI=1S/C18H15ClN2O2/c1-12-2-4-13(5-3-12)10-20-11-16-18(22)23-17(21-16)14-6-8-15(19)9-7-14/h2-9,11,16H,10H2,1H3. The Morgan fingerprint density at radius 1 is 1.17 bits per heavy atom. The van der Waals surface area contributed by atoms with Crippen LogP contribution in [-0.2, 0) is 16.1 Å². The molecule has 2 aromatic rings. The van der Waals surface area contributed by atoms with Crippen LogP contribution in [0.25, 0.3) is 0 Å². The molecular weight excluding hydrogens is 312 g/mol. The molecule has 0 radical (unpaired) electrons. The Balaban J connectivity index is 1.67. The van der Waals surface area contributed by atoms with Gasteiger partial charge in [-0.15, -0.1) is 0 Å². The van der Waals surface area contributed by atoms with Crippen molar-refractivity contribution in [1.82, 2.24) is 0 Å². The Kier molecular flexibility index (Phi) is 4.53. The van der Waals surface area contributed by atoms with Gasteiger partial charge in [-0.3, -0.25) is 4.99 Å². The zero-order valence-corrected chi connectivity index (χ0v) is 13.3. The minimum absolute atomic E-state index is 0.304. The smallest absolute Gasteiger partial charge is 0.343 e. The lowest BCUT2D eigenvalue weighted by Crippen LogP contribution is -2.16. The van der Waals surface area contributed by atoms with Crippen molar-refractivity contribution in [2.24, 2.45) is 9.98 Å². The van der Waals surface area contributed by atoms with Gasteiger partial charge in [-0.25, -0.2) is 9.79 Å². The Bertz CT molecular complexity index is 765. The third-order valence-corrected chi connectivity index (χ3v) is 3.68. The maximum absolute atomic E-state index is 11.9. The average Bonchev–Trinajstić information content (AvgIpc) is 2.91. The summed E-state index contributed by atoms with van der Waals surface area (Å²) in [6.45, 7) is 2.55. The molecule has 23 heavy (non-hydrogen) atoms. The van der Waals surface area contributed by atoms with E-state index in [1.54, 1.807) is 24.3 Å². The highest BCUT2D eigenvalue weighted by Crippen LogP contribution is 2.15.